The van der Waals surface area contributed by atoms with E-state index >= 15 is 0 Å². The highest BCUT2D eigenvalue weighted by Gasteiger charge is 2.29. The number of carboxylic acids is 1. The molecule has 0 unspecified atom stereocenters. The van der Waals surface area contributed by atoms with Crippen LogP contribution in [0.4, 0.5) is 0 Å². The zero-order chi connectivity index (χ0) is 24.8. The minimum absolute atomic E-state index is 0.00579. The van der Waals surface area contributed by atoms with Gasteiger partial charge in [0.2, 0.25) is 5.91 Å². The molecule has 4 rings (SSSR count). The van der Waals surface area contributed by atoms with Gasteiger partial charge in [-0.2, -0.15) is 0 Å². The second-order valence-corrected chi connectivity index (χ2v) is 8.51. The Hall–Kier alpha value is -3.57. The lowest BCUT2D eigenvalue weighted by Gasteiger charge is -2.31. The predicted molar refractivity (Wildman–Crippen MR) is 126 cm³/mol. The number of hydrogen-bond acceptors (Lipinski definition) is 7. The van der Waals surface area contributed by atoms with Crippen LogP contribution in [0.25, 0.3) is 10.9 Å². The third-order valence-electron chi connectivity index (χ3n) is 6.16. The number of para-hydroxylation sites is 1. The Morgan fingerprint density at radius 2 is 1.77 bits per heavy atom. The van der Waals surface area contributed by atoms with Crippen molar-refractivity contribution in [2.24, 2.45) is 0 Å². The van der Waals surface area contributed by atoms with Crippen molar-refractivity contribution in [2.75, 3.05) is 52.5 Å². The van der Waals surface area contributed by atoms with Crippen molar-refractivity contribution in [1.29, 1.82) is 0 Å². The summed E-state index contributed by atoms with van der Waals surface area (Å²) in [4.78, 5) is 58.5. The van der Waals surface area contributed by atoms with Gasteiger partial charge in [0, 0.05) is 51.1 Å². The minimum Gasteiger partial charge on any atom is -0.481 e. The third-order valence-corrected chi connectivity index (χ3v) is 6.16. The highest BCUT2D eigenvalue weighted by atomic mass is 16.5. The fourth-order valence-electron chi connectivity index (χ4n) is 4.27. The standard InChI is InChI=1S/C24H29N5O6/c30-21(31)6-5-19(24(34)28-9-7-25-8-10-28)27-22(32)20-15-17(16-3-1-2-4-18(16)26-20)23(33)29-11-13-35-14-12-29/h1-4,15,19,25H,5-14H2,(H,27,32)(H,30,31)/t19-/m0/s1. The molecule has 35 heavy (non-hydrogen) atoms. The second kappa shape index (κ2) is 11.2. The number of nitrogens with zero attached hydrogens (tertiary/aromatic N) is 3. The van der Waals surface area contributed by atoms with Crippen molar-refractivity contribution < 1.29 is 29.0 Å². The Balaban J connectivity index is 1.61. The highest BCUT2D eigenvalue weighted by Crippen LogP contribution is 2.21. The average molecular weight is 484 g/mol. The molecule has 1 atom stereocenters. The maximum atomic E-state index is 13.3. The molecule has 0 saturated carbocycles. The van der Waals surface area contributed by atoms with Crippen LogP contribution in [0.15, 0.2) is 30.3 Å². The van der Waals surface area contributed by atoms with E-state index in [0.29, 0.717) is 68.9 Å². The van der Waals surface area contributed by atoms with Crippen LogP contribution < -0.4 is 10.6 Å². The lowest BCUT2D eigenvalue weighted by atomic mass is 10.0. The minimum atomic E-state index is -1.06. The number of amides is 3. The van der Waals surface area contributed by atoms with Gasteiger partial charge in [0.05, 0.1) is 24.3 Å². The summed E-state index contributed by atoms with van der Waals surface area (Å²) in [5.74, 6) is -2.24. The number of ether oxygens (including phenoxy) is 1. The van der Waals surface area contributed by atoms with E-state index in [1.165, 1.54) is 6.07 Å². The van der Waals surface area contributed by atoms with Gasteiger partial charge in [0.15, 0.2) is 0 Å². The van der Waals surface area contributed by atoms with E-state index in [1.807, 2.05) is 0 Å². The van der Waals surface area contributed by atoms with Gasteiger partial charge in [-0.1, -0.05) is 18.2 Å². The van der Waals surface area contributed by atoms with Gasteiger partial charge in [0.25, 0.3) is 11.8 Å². The monoisotopic (exact) mass is 483 g/mol. The van der Waals surface area contributed by atoms with Crippen molar-refractivity contribution in [2.45, 2.75) is 18.9 Å². The van der Waals surface area contributed by atoms with Crippen LogP contribution in [-0.4, -0.2) is 102 Å². The van der Waals surface area contributed by atoms with Crippen LogP contribution in [0.2, 0.25) is 0 Å². The largest absolute Gasteiger partial charge is 0.481 e. The number of hydrogen-bond donors (Lipinski definition) is 3. The summed E-state index contributed by atoms with van der Waals surface area (Å²) < 4.78 is 5.34. The van der Waals surface area contributed by atoms with Crippen molar-refractivity contribution in [3.8, 4) is 0 Å². The summed E-state index contributed by atoms with van der Waals surface area (Å²) in [6.07, 6.45) is -0.314. The molecule has 2 aliphatic heterocycles. The molecular formula is C24H29N5O6. The first-order valence-electron chi connectivity index (χ1n) is 11.7. The summed E-state index contributed by atoms with van der Waals surface area (Å²) in [5.41, 5.74) is 0.819. The van der Waals surface area contributed by atoms with E-state index in [9.17, 15) is 19.2 Å². The zero-order valence-electron chi connectivity index (χ0n) is 19.4. The van der Waals surface area contributed by atoms with Gasteiger partial charge in [-0.25, -0.2) is 4.98 Å². The molecule has 0 spiro atoms. The maximum Gasteiger partial charge on any atom is 0.303 e. The van der Waals surface area contributed by atoms with E-state index in [0.717, 1.165) is 0 Å². The fraction of sp³-hybridized carbons (Fsp3) is 0.458. The molecule has 0 bridgehead atoms. The summed E-state index contributed by atoms with van der Waals surface area (Å²) in [6.45, 7) is 4.01. The first kappa shape index (κ1) is 24.6. The molecule has 186 valence electrons. The van der Waals surface area contributed by atoms with E-state index in [4.69, 9.17) is 9.84 Å². The van der Waals surface area contributed by atoms with E-state index in [-0.39, 0.29) is 30.3 Å². The van der Waals surface area contributed by atoms with Crippen LogP contribution >= 0.6 is 0 Å². The number of nitrogens with one attached hydrogen (secondary N) is 2. The van der Waals surface area contributed by atoms with Gasteiger partial charge in [-0.05, 0) is 18.6 Å². The number of aliphatic carboxylic acids is 1. The molecule has 11 nitrogen and oxygen atoms in total. The summed E-state index contributed by atoms with van der Waals surface area (Å²) in [6, 6.07) is 7.50. The van der Waals surface area contributed by atoms with Gasteiger partial charge in [-0.15, -0.1) is 0 Å². The molecule has 1 aromatic carbocycles. The zero-order valence-corrected chi connectivity index (χ0v) is 19.4. The molecule has 3 heterocycles. The first-order valence-corrected chi connectivity index (χ1v) is 11.7. The number of fused-ring (bicyclic) bond motifs is 1. The molecule has 2 fully saturated rings. The van der Waals surface area contributed by atoms with Crippen LogP contribution in [-0.2, 0) is 14.3 Å². The Bertz CT molecular complexity index is 1110. The number of pyridine rings is 1. The first-order chi connectivity index (χ1) is 16.9. The molecular weight excluding hydrogens is 454 g/mol. The number of carbonyl (C=O) groups excluding carboxylic acids is 3. The molecule has 2 aromatic rings. The van der Waals surface area contributed by atoms with Gasteiger partial charge in [-0.3, -0.25) is 19.2 Å². The molecule has 0 aliphatic carbocycles. The SMILES string of the molecule is O=C(O)CC[C@H](NC(=O)c1cc(C(=O)N2CCOCC2)c2ccccc2n1)C(=O)N1CCNCC1. The van der Waals surface area contributed by atoms with Gasteiger partial charge in [0.1, 0.15) is 11.7 Å². The smallest absolute Gasteiger partial charge is 0.303 e. The lowest BCUT2D eigenvalue weighted by molar-refractivity contribution is -0.138. The highest BCUT2D eigenvalue weighted by molar-refractivity contribution is 6.09. The summed E-state index contributed by atoms with van der Waals surface area (Å²) in [7, 11) is 0. The number of carboxylic acid groups (broad SMARTS) is 1. The molecule has 2 saturated heterocycles. The van der Waals surface area contributed by atoms with E-state index in [1.54, 1.807) is 34.1 Å². The number of carbonyl (C=O) groups is 4. The molecule has 3 amide bonds. The van der Waals surface area contributed by atoms with Crippen molar-refractivity contribution in [3.63, 3.8) is 0 Å². The normalized spacial score (nSPS) is 17.1. The summed E-state index contributed by atoms with van der Waals surface area (Å²) in [5, 5.41) is 15.6. The van der Waals surface area contributed by atoms with Crippen molar-refractivity contribution >= 4 is 34.6 Å². The van der Waals surface area contributed by atoms with Crippen LogP contribution in [0.3, 0.4) is 0 Å². The fourth-order valence-corrected chi connectivity index (χ4v) is 4.27. The lowest BCUT2D eigenvalue weighted by Crippen LogP contribution is -2.54. The van der Waals surface area contributed by atoms with Crippen LogP contribution in [0.5, 0.6) is 0 Å². The van der Waals surface area contributed by atoms with E-state index in [2.05, 4.69) is 15.6 Å². The number of piperazine rings is 1. The number of rotatable bonds is 7. The number of morpholine rings is 1. The maximum absolute atomic E-state index is 13.3. The quantitative estimate of drug-likeness (QED) is 0.504. The second-order valence-electron chi connectivity index (χ2n) is 8.51. The Kier molecular flexibility index (Phi) is 7.88. The topological polar surface area (TPSA) is 141 Å². The third kappa shape index (κ3) is 5.92. The van der Waals surface area contributed by atoms with Crippen LogP contribution in [0.1, 0.15) is 33.7 Å². The molecule has 11 heteroatoms. The number of benzene rings is 1. The Morgan fingerprint density at radius 1 is 1.06 bits per heavy atom. The number of aromatic nitrogens is 1. The van der Waals surface area contributed by atoms with Gasteiger partial charge < -0.3 is 30.3 Å². The van der Waals surface area contributed by atoms with E-state index < -0.39 is 17.9 Å². The molecule has 2 aliphatic rings. The Labute approximate surface area is 202 Å². The summed E-state index contributed by atoms with van der Waals surface area (Å²) >= 11 is 0. The van der Waals surface area contributed by atoms with Crippen molar-refractivity contribution in [1.82, 2.24) is 25.4 Å². The van der Waals surface area contributed by atoms with Crippen LogP contribution in [0, 0.1) is 0 Å². The molecule has 1 aromatic heterocycles. The molecule has 3 N–H and O–H groups in total. The van der Waals surface area contributed by atoms with Gasteiger partial charge >= 0.3 is 5.97 Å². The molecule has 0 radical (unpaired) electrons. The average Bonchev–Trinajstić information content (AvgIpc) is 2.90. The van der Waals surface area contributed by atoms with Crippen molar-refractivity contribution in [3.05, 3.63) is 41.6 Å². The predicted octanol–water partition coefficient (Wildman–Crippen LogP) is 0.102. The Morgan fingerprint density at radius 3 is 2.49 bits per heavy atom.